The highest BCUT2D eigenvalue weighted by atomic mass is 16.7. The first-order chi connectivity index (χ1) is 13.7. The third kappa shape index (κ3) is 2.67. The Morgan fingerprint density at radius 1 is 1.34 bits per heavy atom. The lowest BCUT2D eigenvalue weighted by Crippen LogP contribution is -2.68. The normalized spacial score (nSPS) is 35.8. The van der Waals surface area contributed by atoms with Crippen molar-refractivity contribution in [1.29, 1.82) is 0 Å². The molecule has 1 aromatic carbocycles. The molecule has 29 heavy (non-hydrogen) atoms. The molecule has 4 fully saturated rings. The number of para-hydroxylation sites is 1. The molecular formula is C22H28BNO5. The largest absolute Gasteiger partial charge is 0.502 e. The fraction of sp³-hybridized carbons (Fsp3) is 0.591. The van der Waals surface area contributed by atoms with E-state index < -0.39 is 19.2 Å². The molecular weight excluding hydrogens is 369 g/mol. The van der Waals surface area contributed by atoms with Gasteiger partial charge in [0.15, 0.2) is 0 Å². The van der Waals surface area contributed by atoms with E-state index in [1.165, 1.54) is 0 Å². The number of primary amides is 1. The molecule has 4 aliphatic rings. The monoisotopic (exact) mass is 397 g/mol. The lowest BCUT2D eigenvalue weighted by atomic mass is 9.41. The summed E-state index contributed by atoms with van der Waals surface area (Å²) in [5, 5.41) is 0.990. The quantitative estimate of drug-likeness (QED) is 0.790. The fourth-order valence-corrected chi connectivity index (χ4v) is 6.50. The Balaban J connectivity index is 1.43. The van der Waals surface area contributed by atoms with E-state index in [1.54, 1.807) is 6.26 Å². The third-order valence-corrected chi connectivity index (χ3v) is 7.92. The number of amides is 1. The van der Waals surface area contributed by atoms with Crippen molar-refractivity contribution < 1.29 is 23.3 Å². The van der Waals surface area contributed by atoms with E-state index in [4.69, 9.17) is 24.2 Å². The number of hydrogen-bond donors (Lipinski definition) is 1. The van der Waals surface area contributed by atoms with Gasteiger partial charge >= 0.3 is 13.2 Å². The summed E-state index contributed by atoms with van der Waals surface area (Å²) in [5.74, 6) is 1.44. The number of nitrogens with two attached hydrogens (primary N) is 1. The zero-order valence-corrected chi connectivity index (χ0v) is 17.4. The van der Waals surface area contributed by atoms with Crippen molar-refractivity contribution in [2.75, 3.05) is 0 Å². The molecule has 2 aromatic rings. The molecule has 3 saturated carbocycles. The minimum Gasteiger partial charge on any atom is -0.464 e. The summed E-state index contributed by atoms with van der Waals surface area (Å²) in [7, 11) is -0.649. The molecule has 0 spiro atoms. The number of benzene rings is 1. The van der Waals surface area contributed by atoms with Crippen LogP contribution in [0.15, 0.2) is 34.9 Å². The Hall–Kier alpha value is -1.99. The highest BCUT2D eigenvalue weighted by Crippen LogP contribution is 2.67. The molecule has 1 saturated heterocycles. The van der Waals surface area contributed by atoms with Crippen LogP contribution in [0.4, 0.5) is 4.79 Å². The van der Waals surface area contributed by atoms with Crippen molar-refractivity contribution in [1.82, 2.24) is 0 Å². The summed E-state index contributed by atoms with van der Waals surface area (Å²) in [6.07, 6.45) is 2.44. The number of ether oxygens (including phenoxy) is 1. The average molecular weight is 397 g/mol. The molecule has 2 bridgehead atoms. The van der Waals surface area contributed by atoms with Crippen LogP contribution in [-0.2, 0) is 20.5 Å². The van der Waals surface area contributed by atoms with Crippen molar-refractivity contribution in [3.63, 3.8) is 0 Å². The van der Waals surface area contributed by atoms with Gasteiger partial charge in [0.2, 0.25) is 0 Å². The molecule has 1 aliphatic heterocycles. The van der Waals surface area contributed by atoms with Gasteiger partial charge in [-0.1, -0.05) is 39.0 Å². The van der Waals surface area contributed by atoms with Crippen molar-refractivity contribution >= 4 is 24.2 Å². The molecule has 0 radical (unpaired) electrons. The van der Waals surface area contributed by atoms with E-state index in [-0.39, 0.29) is 17.1 Å². The molecule has 1 aromatic heterocycles. The summed E-state index contributed by atoms with van der Waals surface area (Å²) in [6.45, 7) is 9.07. The second-order valence-electron chi connectivity index (χ2n) is 9.74. The SMILES string of the molecule is C[C@H]1[C@H]2OB([C@H](Cc3coc4ccccc34)OC(N)=O)O[C@@]2(C)[C@H]2C[C@@H]1C2(C)C. The highest BCUT2D eigenvalue weighted by Gasteiger charge is 2.71. The van der Waals surface area contributed by atoms with Crippen LogP contribution in [0, 0.1) is 23.2 Å². The Kier molecular flexibility index (Phi) is 4.10. The number of carbonyl (C=O) groups excluding carboxylic acids is 1. The van der Waals surface area contributed by atoms with Crippen molar-refractivity contribution in [2.24, 2.45) is 28.9 Å². The first-order valence-corrected chi connectivity index (χ1v) is 10.5. The molecule has 7 heteroatoms. The molecule has 0 unspecified atom stereocenters. The van der Waals surface area contributed by atoms with Crippen LogP contribution in [0.3, 0.4) is 0 Å². The lowest BCUT2D eigenvalue weighted by Gasteiger charge is -2.67. The molecule has 3 aliphatic carbocycles. The van der Waals surface area contributed by atoms with E-state index in [0.29, 0.717) is 24.2 Å². The zero-order valence-electron chi connectivity index (χ0n) is 17.4. The first kappa shape index (κ1) is 19.0. The van der Waals surface area contributed by atoms with Crippen LogP contribution in [0.2, 0.25) is 0 Å². The minimum absolute atomic E-state index is 0.00987. The van der Waals surface area contributed by atoms with E-state index in [0.717, 1.165) is 23.0 Å². The summed E-state index contributed by atoms with van der Waals surface area (Å²) in [6, 6.07) is 7.16. The van der Waals surface area contributed by atoms with Gasteiger partial charge in [-0.25, -0.2) is 4.79 Å². The highest BCUT2D eigenvalue weighted by molar-refractivity contribution is 6.47. The van der Waals surface area contributed by atoms with E-state index in [1.807, 2.05) is 24.3 Å². The minimum atomic E-state index is -0.826. The topological polar surface area (TPSA) is 83.9 Å². The Bertz CT molecular complexity index is 958. The van der Waals surface area contributed by atoms with E-state index in [2.05, 4.69) is 27.7 Å². The maximum atomic E-state index is 11.7. The van der Waals surface area contributed by atoms with Gasteiger partial charge in [-0.05, 0) is 42.6 Å². The van der Waals surface area contributed by atoms with Gasteiger partial charge in [-0.3, -0.25) is 0 Å². The standard InChI is InChI=1S/C22H28BNO5/c1-12-15-10-17(21(15,2)3)22(4)19(12)28-23(29-22)18(27-20(24)25)9-13-11-26-16-8-6-5-7-14(13)16/h5-8,11-12,15,17-19H,9-10H2,1-4H3,(H2,24,25)/t12-,15+,17+,18+,19-,22+/m1/s1. The van der Waals surface area contributed by atoms with Crippen molar-refractivity contribution in [3.8, 4) is 0 Å². The van der Waals surface area contributed by atoms with Crippen LogP contribution in [0.25, 0.3) is 11.0 Å². The van der Waals surface area contributed by atoms with Gasteiger partial charge < -0.3 is 24.2 Å². The van der Waals surface area contributed by atoms with Gasteiger partial charge in [0.05, 0.1) is 18.0 Å². The van der Waals surface area contributed by atoms with Crippen molar-refractivity contribution in [3.05, 3.63) is 36.1 Å². The van der Waals surface area contributed by atoms with E-state index in [9.17, 15) is 4.79 Å². The number of carbonyl (C=O) groups is 1. The van der Waals surface area contributed by atoms with Crippen molar-refractivity contribution in [2.45, 2.75) is 58.2 Å². The van der Waals surface area contributed by atoms with Gasteiger partial charge in [-0.15, -0.1) is 0 Å². The van der Waals surface area contributed by atoms with Gasteiger partial charge in [0.1, 0.15) is 11.6 Å². The number of rotatable bonds is 4. The summed E-state index contributed by atoms with van der Waals surface area (Å²) in [5.41, 5.74) is 6.97. The first-order valence-electron chi connectivity index (χ1n) is 10.5. The number of fused-ring (bicyclic) bond motifs is 1. The van der Waals surface area contributed by atoms with Gasteiger partial charge in [0.25, 0.3) is 0 Å². The van der Waals surface area contributed by atoms with Gasteiger partial charge in [0, 0.05) is 17.4 Å². The number of hydrogen-bond acceptors (Lipinski definition) is 5. The van der Waals surface area contributed by atoms with Crippen LogP contribution < -0.4 is 5.73 Å². The zero-order chi connectivity index (χ0) is 20.6. The molecule has 2 N–H and O–H groups in total. The predicted octanol–water partition coefficient (Wildman–Crippen LogP) is 3.95. The molecule has 2 heterocycles. The second kappa shape index (κ2) is 6.25. The smallest absolute Gasteiger partial charge is 0.464 e. The molecule has 6 rings (SSSR count). The van der Waals surface area contributed by atoms with Crippen LogP contribution in [0.1, 0.15) is 39.7 Å². The lowest BCUT2D eigenvalue weighted by molar-refractivity contribution is -0.227. The molecule has 1 amide bonds. The summed E-state index contributed by atoms with van der Waals surface area (Å²) >= 11 is 0. The average Bonchev–Trinajstić information content (AvgIpc) is 3.22. The Morgan fingerprint density at radius 3 is 2.83 bits per heavy atom. The van der Waals surface area contributed by atoms with Crippen LogP contribution in [-0.4, -0.2) is 30.9 Å². The Labute approximate surface area is 171 Å². The third-order valence-electron chi connectivity index (χ3n) is 7.92. The fourth-order valence-electron chi connectivity index (χ4n) is 6.50. The van der Waals surface area contributed by atoms with E-state index >= 15 is 0 Å². The second-order valence-corrected chi connectivity index (χ2v) is 9.74. The summed E-state index contributed by atoms with van der Waals surface area (Å²) < 4.78 is 24.1. The number of furan rings is 1. The maximum absolute atomic E-state index is 11.7. The van der Waals surface area contributed by atoms with Gasteiger partial charge in [-0.2, -0.15) is 0 Å². The maximum Gasteiger partial charge on any atom is 0.502 e. The predicted molar refractivity (Wildman–Crippen MR) is 109 cm³/mol. The van der Waals surface area contributed by atoms with Crippen LogP contribution in [0.5, 0.6) is 0 Å². The molecule has 6 nitrogen and oxygen atoms in total. The molecule has 154 valence electrons. The molecule has 6 atom stereocenters. The van der Waals surface area contributed by atoms with Crippen LogP contribution >= 0.6 is 0 Å². The summed E-state index contributed by atoms with van der Waals surface area (Å²) in [4.78, 5) is 11.7. The Morgan fingerprint density at radius 2 is 2.10 bits per heavy atom.